The van der Waals surface area contributed by atoms with Gasteiger partial charge in [-0.1, -0.05) is 13.0 Å². The summed E-state index contributed by atoms with van der Waals surface area (Å²) in [5.41, 5.74) is 0. The van der Waals surface area contributed by atoms with Gasteiger partial charge in [0.05, 0.1) is 0 Å². The molecule has 0 aliphatic carbocycles. The van der Waals surface area contributed by atoms with Gasteiger partial charge in [-0.15, -0.1) is 0 Å². The first kappa shape index (κ1) is 10.6. The van der Waals surface area contributed by atoms with Gasteiger partial charge in [0.15, 0.2) is 0 Å². The summed E-state index contributed by atoms with van der Waals surface area (Å²) in [5, 5.41) is 15.1. The summed E-state index contributed by atoms with van der Waals surface area (Å²) in [7, 11) is 1.87. The number of hydrogen-bond acceptors (Lipinski definition) is 3. The molecule has 0 radical (unpaired) electrons. The second-order valence-corrected chi connectivity index (χ2v) is 2.38. The Morgan fingerprint density at radius 1 is 1.55 bits per heavy atom. The van der Waals surface area contributed by atoms with Crippen molar-refractivity contribution in [3.05, 3.63) is 12.2 Å². The molecule has 11 heavy (non-hydrogen) atoms. The maximum absolute atomic E-state index is 9.18. The van der Waals surface area contributed by atoms with Crippen LogP contribution < -0.4 is 10.6 Å². The Kier molecular flexibility index (Phi) is 7.46. The summed E-state index contributed by atoms with van der Waals surface area (Å²) >= 11 is 0. The smallest absolute Gasteiger partial charge is 0.124 e. The number of likely N-dealkylation sites (N-methyl/N-ethyl adjacent to an activating group) is 1. The minimum atomic E-state index is -0.497. The van der Waals surface area contributed by atoms with Crippen molar-refractivity contribution in [2.45, 2.75) is 19.6 Å². The van der Waals surface area contributed by atoms with Gasteiger partial charge < -0.3 is 10.4 Å². The highest BCUT2D eigenvalue weighted by atomic mass is 16.3. The molecular weight excluding hydrogens is 140 g/mol. The van der Waals surface area contributed by atoms with Crippen LogP contribution in [-0.2, 0) is 0 Å². The Hall–Kier alpha value is -0.380. The van der Waals surface area contributed by atoms with Crippen molar-refractivity contribution in [3.63, 3.8) is 0 Å². The van der Waals surface area contributed by atoms with Crippen molar-refractivity contribution in [2.24, 2.45) is 0 Å². The quantitative estimate of drug-likeness (QED) is 0.379. The van der Waals surface area contributed by atoms with Crippen molar-refractivity contribution in [1.29, 1.82) is 0 Å². The van der Waals surface area contributed by atoms with Crippen LogP contribution in [0.25, 0.3) is 0 Å². The lowest BCUT2D eigenvalue weighted by Crippen LogP contribution is -2.27. The summed E-state index contributed by atoms with van der Waals surface area (Å²) in [6.45, 7) is 3.72. The molecule has 1 unspecified atom stereocenters. The lowest BCUT2D eigenvalue weighted by atomic mass is 10.4. The van der Waals surface area contributed by atoms with Crippen molar-refractivity contribution in [1.82, 2.24) is 10.6 Å². The van der Waals surface area contributed by atoms with Crippen LogP contribution in [0.4, 0.5) is 0 Å². The molecule has 3 N–H and O–H groups in total. The number of aliphatic hydroxyl groups is 1. The molecule has 0 amide bonds. The highest BCUT2D eigenvalue weighted by Crippen LogP contribution is 1.80. The zero-order valence-electron chi connectivity index (χ0n) is 7.30. The van der Waals surface area contributed by atoms with E-state index in [-0.39, 0.29) is 0 Å². The summed E-state index contributed by atoms with van der Waals surface area (Å²) < 4.78 is 0. The van der Waals surface area contributed by atoms with Gasteiger partial charge in [-0.25, -0.2) is 0 Å². The van der Waals surface area contributed by atoms with Crippen LogP contribution in [0.5, 0.6) is 0 Å². The van der Waals surface area contributed by atoms with Gasteiger partial charge in [-0.2, -0.15) is 0 Å². The number of rotatable bonds is 6. The predicted molar refractivity (Wildman–Crippen MR) is 47.4 cm³/mol. The summed E-state index contributed by atoms with van der Waals surface area (Å²) in [6, 6.07) is 0. The molecule has 0 aromatic carbocycles. The van der Waals surface area contributed by atoms with Gasteiger partial charge in [-0.3, -0.25) is 5.32 Å². The molecule has 0 saturated carbocycles. The summed E-state index contributed by atoms with van der Waals surface area (Å²) in [5.74, 6) is 0. The zero-order valence-corrected chi connectivity index (χ0v) is 7.30. The molecular formula is C8H18N2O. The van der Waals surface area contributed by atoms with Crippen LogP contribution in [0.15, 0.2) is 12.2 Å². The molecule has 0 fully saturated rings. The van der Waals surface area contributed by atoms with Gasteiger partial charge in [0.1, 0.15) is 6.23 Å². The Bertz CT molecular complexity index is 104. The van der Waals surface area contributed by atoms with Gasteiger partial charge in [-0.05, 0) is 26.1 Å². The maximum Gasteiger partial charge on any atom is 0.124 e. The number of aliphatic hydroxyl groups excluding tert-OH is 1. The van der Waals surface area contributed by atoms with E-state index in [1.807, 2.05) is 13.1 Å². The normalized spacial score (nSPS) is 14.1. The van der Waals surface area contributed by atoms with Gasteiger partial charge >= 0.3 is 0 Å². The van der Waals surface area contributed by atoms with E-state index < -0.39 is 6.23 Å². The average Bonchev–Trinajstić information content (AvgIpc) is 2.01. The zero-order chi connectivity index (χ0) is 8.53. The molecule has 0 spiro atoms. The average molecular weight is 158 g/mol. The van der Waals surface area contributed by atoms with Crippen molar-refractivity contribution in [3.8, 4) is 0 Å². The minimum Gasteiger partial charge on any atom is -0.375 e. The van der Waals surface area contributed by atoms with Crippen LogP contribution >= 0.6 is 0 Å². The molecule has 66 valence electrons. The number of hydrogen-bond donors (Lipinski definition) is 3. The van der Waals surface area contributed by atoms with Gasteiger partial charge in [0, 0.05) is 6.54 Å². The molecule has 0 bridgehead atoms. The Morgan fingerprint density at radius 3 is 2.82 bits per heavy atom. The predicted octanol–water partition coefficient (Wildman–Crippen LogP) is 0.0800. The van der Waals surface area contributed by atoms with Crippen molar-refractivity contribution >= 4 is 0 Å². The minimum absolute atomic E-state index is 0.497. The fraction of sp³-hybridized carbons (Fsp3) is 0.750. The maximum atomic E-state index is 9.18. The first-order valence-electron chi connectivity index (χ1n) is 4.04. The highest BCUT2D eigenvalue weighted by molar-refractivity contribution is 4.88. The van der Waals surface area contributed by atoms with Crippen LogP contribution in [0.3, 0.4) is 0 Å². The van der Waals surface area contributed by atoms with E-state index in [2.05, 4.69) is 17.6 Å². The van der Waals surface area contributed by atoms with Crippen LogP contribution in [-0.4, -0.2) is 31.5 Å². The second kappa shape index (κ2) is 7.72. The third-order valence-electron chi connectivity index (χ3n) is 1.24. The molecule has 3 nitrogen and oxygen atoms in total. The Morgan fingerprint density at radius 2 is 2.27 bits per heavy atom. The Labute approximate surface area is 68.5 Å². The topological polar surface area (TPSA) is 44.3 Å². The fourth-order valence-electron chi connectivity index (χ4n) is 0.675. The van der Waals surface area contributed by atoms with Crippen LogP contribution in [0, 0.1) is 0 Å². The fourth-order valence-corrected chi connectivity index (χ4v) is 0.675. The molecule has 0 aromatic heterocycles. The number of nitrogens with one attached hydrogen (secondary N) is 2. The van der Waals surface area contributed by atoms with E-state index in [0.29, 0.717) is 0 Å². The monoisotopic (exact) mass is 158 g/mol. The molecule has 3 heteroatoms. The molecule has 0 rings (SSSR count). The molecule has 0 aliphatic heterocycles. The molecule has 0 saturated heterocycles. The van der Waals surface area contributed by atoms with Crippen LogP contribution in [0.1, 0.15) is 13.3 Å². The molecule has 0 heterocycles. The van der Waals surface area contributed by atoms with Gasteiger partial charge in [0.25, 0.3) is 0 Å². The lowest BCUT2D eigenvalue weighted by Gasteiger charge is -2.05. The third-order valence-corrected chi connectivity index (χ3v) is 1.24. The van der Waals surface area contributed by atoms with E-state index in [9.17, 15) is 5.11 Å². The largest absolute Gasteiger partial charge is 0.375 e. The Balaban J connectivity index is 3.27. The summed E-state index contributed by atoms with van der Waals surface area (Å²) in [4.78, 5) is 0. The standard InChI is InChI=1S/C8H18N2O/c1-3-6-10-8(11)5-4-7-9-2/h4-5,8-11H,3,6-7H2,1-2H3/b5-4+. The van der Waals surface area contributed by atoms with E-state index in [1.165, 1.54) is 0 Å². The van der Waals surface area contributed by atoms with E-state index in [1.54, 1.807) is 6.08 Å². The van der Waals surface area contributed by atoms with E-state index in [4.69, 9.17) is 0 Å². The van der Waals surface area contributed by atoms with Crippen molar-refractivity contribution < 1.29 is 5.11 Å². The molecule has 0 aliphatic rings. The third kappa shape index (κ3) is 7.52. The lowest BCUT2D eigenvalue weighted by molar-refractivity contribution is 0.185. The highest BCUT2D eigenvalue weighted by Gasteiger charge is 1.92. The van der Waals surface area contributed by atoms with E-state index >= 15 is 0 Å². The first-order valence-corrected chi connectivity index (χ1v) is 4.04. The van der Waals surface area contributed by atoms with Crippen molar-refractivity contribution in [2.75, 3.05) is 20.1 Å². The first-order chi connectivity index (χ1) is 5.31. The van der Waals surface area contributed by atoms with Gasteiger partial charge in [0.2, 0.25) is 0 Å². The molecule has 0 aromatic rings. The molecule has 1 atom stereocenters. The summed E-state index contributed by atoms with van der Waals surface area (Å²) in [6.07, 6.45) is 4.18. The second-order valence-electron chi connectivity index (χ2n) is 2.38. The SMILES string of the molecule is CCCNC(O)/C=C/CNC. The van der Waals surface area contributed by atoms with E-state index in [0.717, 1.165) is 19.5 Å². The van der Waals surface area contributed by atoms with Crippen LogP contribution in [0.2, 0.25) is 0 Å².